The van der Waals surface area contributed by atoms with Crippen molar-refractivity contribution in [2.75, 3.05) is 66.6 Å². The quantitative estimate of drug-likeness (QED) is 0.725. The maximum atomic E-state index is 5.52. The molecule has 1 aliphatic carbocycles. The molecule has 3 fully saturated rings. The summed E-state index contributed by atoms with van der Waals surface area (Å²) in [7, 11) is 4.94. The minimum atomic E-state index is 0.778. The lowest BCUT2D eigenvalue weighted by molar-refractivity contribution is -0.934. The zero-order valence-electron chi connectivity index (χ0n) is 14.4. The number of nitrogens with zero attached hydrogens (tertiary/aromatic N) is 2. The molecule has 21 heavy (non-hydrogen) atoms. The first-order valence-electron chi connectivity index (χ1n) is 9.28. The van der Waals surface area contributed by atoms with Gasteiger partial charge in [-0.05, 0) is 18.3 Å². The number of hydrogen-bond donors (Lipinski definition) is 0. The highest BCUT2D eigenvalue weighted by Crippen LogP contribution is 2.47. The van der Waals surface area contributed by atoms with E-state index in [1.807, 2.05) is 0 Å². The van der Waals surface area contributed by atoms with Crippen LogP contribution < -0.4 is 0 Å². The van der Waals surface area contributed by atoms with Crippen LogP contribution in [0.2, 0.25) is 0 Å². The van der Waals surface area contributed by atoms with Gasteiger partial charge in [-0.15, -0.1) is 0 Å². The zero-order chi connectivity index (χ0) is 14.8. The summed E-state index contributed by atoms with van der Waals surface area (Å²) < 4.78 is 8.10. The summed E-state index contributed by atoms with van der Waals surface area (Å²) in [4.78, 5) is 0. The second-order valence-corrected chi connectivity index (χ2v) is 8.75. The summed E-state index contributed by atoms with van der Waals surface area (Å²) in [5.41, 5.74) is 0.778. The summed E-state index contributed by atoms with van der Waals surface area (Å²) in [6, 6.07) is 0. The summed E-state index contributed by atoms with van der Waals surface area (Å²) in [5.74, 6) is 0. The second kappa shape index (κ2) is 6.17. The fourth-order valence-corrected chi connectivity index (χ4v) is 4.94. The topological polar surface area (TPSA) is 9.23 Å². The molecule has 0 N–H and O–H groups in total. The Kier molecular flexibility index (Phi) is 4.63. The van der Waals surface area contributed by atoms with Gasteiger partial charge in [-0.25, -0.2) is 0 Å². The Morgan fingerprint density at radius 2 is 1.29 bits per heavy atom. The number of hydrogen-bond acceptors (Lipinski definition) is 1. The lowest BCUT2D eigenvalue weighted by atomic mass is 9.76. The van der Waals surface area contributed by atoms with Crippen molar-refractivity contribution in [3.63, 3.8) is 0 Å². The number of quaternary nitrogens is 2. The number of rotatable bonds is 4. The Balaban J connectivity index is 1.42. The first kappa shape index (κ1) is 15.8. The van der Waals surface area contributed by atoms with Crippen LogP contribution in [0.15, 0.2) is 0 Å². The molecule has 1 saturated carbocycles. The summed E-state index contributed by atoms with van der Waals surface area (Å²) in [6.07, 6.45) is 10.5. The van der Waals surface area contributed by atoms with Gasteiger partial charge in [-0.2, -0.15) is 0 Å². The molecule has 0 unspecified atom stereocenters. The number of likely N-dealkylation sites (N-methyl/N-ethyl adjacent to an activating group) is 1. The standard InChI is InChI=1S/C18H36N2O/c1-19(10-5-11-20(2)14-16-21-17-15-20)12-8-18(9-13-19)6-3-4-7-18/h3-17H2,1-2H3/q+2. The molecule has 2 heterocycles. The highest BCUT2D eigenvalue weighted by molar-refractivity contribution is 4.86. The lowest BCUT2D eigenvalue weighted by Gasteiger charge is -2.46. The number of likely N-dealkylation sites (tertiary alicyclic amines) is 1. The molecule has 3 nitrogen and oxygen atoms in total. The van der Waals surface area contributed by atoms with E-state index in [0.717, 1.165) is 18.6 Å². The van der Waals surface area contributed by atoms with Crippen molar-refractivity contribution >= 4 is 0 Å². The van der Waals surface area contributed by atoms with Gasteiger partial charge in [0.2, 0.25) is 0 Å². The van der Waals surface area contributed by atoms with Gasteiger partial charge in [-0.3, -0.25) is 0 Å². The smallest absolute Gasteiger partial charge is 0.102 e. The third kappa shape index (κ3) is 3.80. The van der Waals surface area contributed by atoms with Crippen LogP contribution >= 0.6 is 0 Å². The van der Waals surface area contributed by atoms with Crippen LogP contribution in [-0.4, -0.2) is 75.5 Å². The Bertz CT molecular complexity index is 333. The Morgan fingerprint density at radius 1 is 0.762 bits per heavy atom. The Labute approximate surface area is 131 Å². The van der Waals surface area contributed by atoms with Crippen molar-refractivity contribution in [3.8, 4) is 0 Å². The van der Waals surface area contributed by atoms with Gasteiger partial charge in [0.15, 0.2) is 0 Å². The number of piperidine rings is 1. The van der Waals surface area contributed by atoms with Crippen LogP contribution in [-0.2, 0) is 4.74 Å². The maximum absolute atomic E-state index is 5.52. The van der Waals surface area contributed by atoms with Crippen molar-refractivity contribution in [3.05, 3.63) is 0 Å². The number of morpholine rings is 1. The van der Waals surface area contributed by atoms with Crippen molar-refractivity contribution in [2.24, 2.45) is 5.41 Å². The van der Waals surface area contributed by atoms with Crippen molar-refractivity contribution in [1.82, 2.24) is 0 Å². The monoisotopic (exact) mass is 296 g/mol. The van der Waals surface area contributed by atoms with Crippen molar-refractivity contribution in [1.29, 1.82) is 0 Å². The van der Waals surface area contributed by atoms with Gasteiger partial charge in [-0.1, -0.05) is 12.8 Å². The first-order valence-corrected chi connectivity index (χ1v) is 9.28. The van der Waals surface area contributed by atoms with Crippen molar-refractivity contribution < 1.29 is 13.7 Å². The molecule has 0 amide bonds. The van der Waals surface area contributed by atoms with E-state index >= 15 is 0 Å². The molecule has 0 radical (unpaired) electrons. The molecular weight excluding hydrogens is 260 g/mol. The highest BCUT2D eigenvalue weighted by Gasteiger charge is 2.42. The molecule has 0 aromatic carbocycles. The fourth-order valence-electron chi connectivity index (χ4n) is 4.94. The molecule has 3 aliphatic rings. The molecule has 3 heteroatoms. The van der Waals surface area contributed by atoms with Gasteiger partial charge < -0.3 is 13.7 Å². The van der Waals surface area contributed by atoms with E-state index in [0.29, 0.717) is 0 Å². The lowest BCUT2D eigenvalue weighted by Crippen LogP contribution is -2.55. The van der Waals surface area contributed by atoms with E-state index in [9.17, 15) is 0 Å². The van der Waals surface area contributed by atoms with Gasteiger partial charge in [0.1, 0.15) is 13.1 Å². The predicted octanol–water partition coefficient (Wildman–Crippen LogP) is 2.65. The molecule has 0 bridgehead atoms. The van der Waals surface area contributed by atoms with E-state index < -0.39 is 0 Å². The molecule has 0 aromatic heterocycles. The van der Waals surface area contributed by atoms with Crippen LogP contribution in [0, 0.1) is 5.41 Å². The second-order valence-electron chi connectivity index (χ2n) is 8.75. The summed E-state index contributed by atoms with van der Waals surface area (Å²) in [5, 5.41) is 0. The van der Waals surface area contributed by atoms with Crippen molar-refractivity contribution in [2.45, 2.75) is 44.9 Å². The molecule has 3 rings (SSSR count). The first-order chi connectivity index (χ1) is 10.0. The third-order valence-electron chi connectivity index (χ3n) is 6.97. The average molecular weight is 296 g/mol. The fraction of sp³-hybridized carbons (Fsp3) is 1.00. The van der Waals surface area contributed by atoms with Gasteiger partial charge in [0.25, 0.3) is 0 Å². The van der Waals surface area contributed by atoms with E-state index in [1.165, 1.54) is 93.2 Å². The van der Waals surface area contributed by atoms with E-state index in [4.69, 9.17) is 4.74 Å². The van der Waals surface area contributed by atoms with Crippen LogP contribution in [0.3, 0.4) is 0 Å². The van der Waals surface area contributed by atoms with Gasteiger partial charge in [0, 0.05) is 19.3 Å². The molecule has 2 saturated heterocycles. The molecule has 1 spiro atoms. The number of ether oxygens (including phenoxy) is 1. The van der Waals surface area contributed by atoms with Crippen LogP contribution in [0.1, 0.15) is 44.9 Å². The van der Waals surface area contributed by atoms with Crippen LogP contribution in [0.25, 0.3) is 0 Å². The zero-order valence-corrected chi connectivity index (χ0v) is 14.4. The normalized spacial score (nSPS) is 30.6. The van der Waals surface area contributed by atoms with Gasteiger partial charge in [0.05, 0.1) is 53.5 Å². The molecule has 2 aliphatic heterocycles. The molecule has 0 atom stereocenters. The molecule has 0 aromatic rings. The van der Waals surface area contributed by atoms with Crippen LogP contribution in [0.5, 0.6) is 0 Å². The Morgan fingerprint density at radius 3 is 1.86 bits per heavy atom. The van der Waals surface area contributed by atoms with E-state index in [2.05, 4.69) is 14.1 Å². The minimum Gasteiger partial charge on any atom is -0.370 e. The van der Waals surface area contributed by atoms with E-state index in [1.54, 1.807) is 0 Å². The highest BCUT2D eigenvalue weighted by atomic mass is 16.5. The minimum absolute atomic E-state index is 0.778. The van der Waals surface area contributed by atoms with Crippen LogP contribution in [0.4, 0.5) is 0 Å². The van der Waals surface area contributed by atoms with E-state index in [-0.39, 0.29) is 0 Å². The van der Waals surface area contributed by atoms with Gasteiger partial charge >= 0.3 is 0 Å². The summed E-state index contributed by atoms with van der Waals surface area (Å²) >= 11 is 0. The SMILES string of the molecule is C[N+]1(CCC[N+]2(C)CCC3(CCCC3)CC2)CCOCC1. The molecular formula is C18H36N2O+2. The maximum Gasteiger partial charge on any atom is 0.102 e. The average Bonchev–Trinajstić information content (AvgIpc) is 2.92. The third-order valence-corrected chi connectivity index (χ3v) is 6.97. The summed E-state index contributed by atoms with van der Waals surface area (Å²) in [6.45, 7) is 9.97. The predicted molar refractivity (Wildman–Crippen MR) is 87.1 cm³/mol. The largest absolute Gasteiger partial charge is 0.370 e. The Hall–Kier alpha value is -0.120. The molecule has 122 valence electrons.